The zero-order valence-corrected chi connectivity index (χ0v) is 37.8. The SMILES string of the molecule is C.C.C.C=C(CCCCCCC[N+](C)(CCC)CCCCCCCC(=C)OCCCCCCCCC)OCCCCCCCCC.CCCCCCCCC.O. The number of ether oxygens (including phenoxy) is 2. The molecule has 0 saturated heterocycles. The number of hydrogen-bond acceptors (Lipinski definition) is 2. The maximum absolute atomic E-state index is 5.87. The lowest BCUT2D eigenvalue weighted by Gasteiger charge is -2.34. The fraction of sp³-hybridized carbons (Fsp3) is 0.923. The van der Waals surface area contributed by atoms with Gasteiger partial charge in [0.1, 0.15) is 0 Å². The van der Waals surface area contributed by atoms with Gasteiger partial charge in [-0.2, -0.15) is 0 Å². The van der Waals surface area contributed by atoms with E-state index in [0.717, 1.165) is 37.6 Å². The van der Waals surface area contributed by atoms with Gasteiger partial charge in [-0.25, -0.2) is 0 Å². The minimum atomic E-state index is 0. The average molecular weight is 801 g/mol. The maximum atomic E-state index is 5.87. The van der Waals surface area contributed by atoms with Gasteiger partial charge in [0.2, 0.25) is 0 Å². The molecule has 4 nitrogen and oxygen atoms in total. The van der Waals surface area contributed by atoms with E-state index in [1.165, 1.54) is 230 Å². The summed E-state index contributed by atoms with van der Waals surface area (Å²) in [6.07, 6.45) is 45.3. The van der Waals surface area contributed by atoms with Gasteiger partial charge in [0.05, 0.1) is 51.4 Å². The van der Waals surface area contributed by atoms with Crippen LogP contribution in [0.1, 0.15) is 275 Å². The summed E-state index contributed by atoms with van der Waals surface area (Å²) in [4.78, 5) is 0. The number of rotatable bonds is 42. The first-order valence-corrected chi connectivity index (χ1v) is 23.8. The zero-order valence-electron chi connectivity index (χ0n) is 37.8. The predicted octanol–water partition coefficient (Wildman–Crippen LogP) is 17.9. The van der Waals surface area contributed by atoms with E-state index in [0.29, 0.717) is 0 Å². The minimum absolute atomic E-state index is 0. The lowest BCUT2D eigenvalue weighted by molar-refractivity contribution is -0.910. The summed E-state index contributed by atoms with van der Waals surface area (Å²) < 4.78 is 13.0. The van der Waals surface area contributed by atoms with E-state index in [4.69, 9.17) is 9.47 Å². The molecule has 0 saturated carbocycles. The van der Waals surface area contributed by atoms with Crippen molar-refractivity contribution in [3.8, 4) is 0 Å². The van der Waals surface area contributed by atoms with Crippen LogP contribution in [0.5, 0.6) is 0 Å². The quantitative estimate of drug-likeness (QED) is 0.0351. The molecule has 0 aromatic rings. The third kappa shape index (κ3) is 55.1. The molecule has 0 fully saturated rings. The maximum Gasteiger partial charge on any atom is 0.0888 e. The highest BCUT2D eigenvalue weighted by Crippen LogP contribution is 2.17. The number of hydrogen-bond donors (Lipinski definition) is 0. The van der Waals surface area contributed by atoms with Crippen molar-refractivity contribution in [3.05, 3.63) is 24.7 Å². The summed E-state index contributed by atoms with van der Waals surface area (Å²) in [5.74, 6) is 2.02. The minimum Gasteiger partial charge on any atom is -0.499 e. The van der Waals surface area contributed by atoms with Crippen molar-refractivity contribution in [3.63, 3.8) is 0 Å². The molecule has 0 bridgehead atoms. The number of unbranched alkanes of at least 4 members (excludes halogenated alkanes) is 26. The van der Waals surface area contributed by atoms with E-state index < -0.39 is 0 Å². The molecular formula is C52H114NO3+. The average Bonchev–Trinajstić information content (AvgIpc) is 3.13. The van der Waals surface area contributed by atoms with Crippen molar-refractivity contribution in [2.24, 2.45) is 0 Å². The van der Waals surface area contributed by atoms with Gasteiger partial charge in [-0.1, -0.05) is 218 Å². The summed E-state index contributed by atoms with van der Waals surface area (Å²) in [5.41, 5.74) is 0. The van der Waals surface area contributed by atoms with Gasteiger partial charge < -0.3 is 19.4 Å². The molecule has 0 aliphatic carbocycles. The first-order chi connectivity index (χ1) is 25.4. The summed E-state index contributed by atoms with van der Waals surface area (Å²) in [6.45, 7) is 25.5. The molecule has 0 aliphatic rings. The lowest BCUT2D eigenvalue weighted by atomic mass is 10.1. The van der Waals surface area contributed by atoms with Gasteiger partial charge in [0.15, 0.2) is 0 Å². The Bertz CT molecular complexity index is 656. The van der Waals surface area contributed by atoms with Crippen molar-refractivity contribution in [2.45, 2.75) is 275 Å². The molecule has 56 heavy (non-hydrogen) atoms. The van der Waals surface area contributed by atoms with E-state index in [9.17, 15) is 0 Å². The van der Waals surface area contributed by atoms with Gasteiger partial charge >= 0.3 is 0 Å². The predicted molar refractivity (Wildman–Crippen MR) is 260 cm³/mol. The number of allylic oxidation sites excluding steroid dienone is 2. The highest BCUT2D eigenvalue weighted by atomic mass is 16.5. The molecule has 0 radical (unpaired) electrons. The fourth-order valence-electron chi connectivity index (χ4n) is 7.29. The lowest BCUT2D eigenvalue weighted by Crippen LogP contribution is -2.46. The monoisotopic (exact) mass is 801 g/mol. The number of nitrogens with zero attached hydrogens (tertiary/aromatic N) is 1. The zero-order chi connectivity index (χ0) is 38.6. The van der Waals surface area contributed by atoms with Crippen LogP contribution in [0.4, 0.5) is 0 Å². The normalized spacial score (nSPS) is 10.5. The van der Waals surface area contributed by atoms with Crippen LogP contribution >= 0.6 is 0 Å². The summed E-state index contributed by atoms with van der Waals surface area (Å²) in [7, 11) is 2.50. The smallest absolute Gasteiger partial charge is 0.0888 e. The van der Waals surface area contributed by atoms with Crippen molar-refractivity contribution in [1.29, 1.82) is 0 Å². The Balaban J connectivity index is -0.000000425. The standard InChI is InChI=1S/C40H80NO2.C9H20.3CH4.H2O/c1-7-10-12-14-16-24-30-37-42-39(4)32-26-20-18-22-28-35-41(6,34-9-3)36-29-23-19-21-27-33-40(5)43-38-31-25-17-15-13-11-8-2;1-3-5-7-9-8-6-4-2;;;;/h4-5,7-38H2,1-3,6H3;3-9H2,1-2H3;3*1H4;1H2/q+1;;;;;. The van der Waals surface area contributed by atoms with Crippen molar-refractivity contribution >= 4 is 0 Å². The highest BCUT2D eigenvalue weighted by Gasteiger charge is 2.19. The molecule has 0 aromatic carbocycles. The molecule has 0 aliphatic heterocycles. The van der Waals surface area contributed by atoms with Gasteiger partial charge in [-0.3, -0.25) is 0 Å². The third-order valence-electron chi connectivity index (χ3n) is 10.9. The largest absolute Gasteiger partial charge is 0.499 e. The van der Waals surface area contributed by atoms with Crippen molar-refractivity contribution in [1.82, 2.24) is 0 Å². The molecule has 0 aromatic heterocycles. The summed E-state index contributed by atoms with van der Waals surface area (Å²) in [6, 6.07) is 0. The molecular weight excluding hydrogens is 687 g/mol. The molecule has 0 spiro atoms. The van der Waals surface area contributed by atoms with Gasteiger partial charge in [-0.15, -0.1) is 0 Å². The van der Waals surface area contributed by atoms with Gasteiger partial charge in [-0.05, 0) is 57.8 Å². The number of quaternary nitrogens is 1. The van der Waals surface area contributed by atoms with E-state index in [-0.39, 0.29) is 27.8 Å². The second kappa shape index (κ2) is 56.1. The van der Waals surface area contributed by atoms with E-state index in [1.54, 1.807) is 0 Å². The molecule has 2 N–H and O–H groups in total. The molecule has 0 rings (SSSR count). The second-order valence-corrected chi connectivity index (χ2v) is 16.6. The molecule has 0 unspecified atom stereocenters. The van der Waals surface area contributed by atoms with Crippen LogP contribution in [0, 0.1) is 0 Å². The van der Waals surface area contributed by atoms with Crippen LogP contribution < -0.4 is 0 Å². The molecule has 4 heteroatoms. The van der Waals surface area contributed by atoms with Crippen molar-refractivity contribution in [2.75, 3.05) is 39.9 Å². The Morgan fingerprint density at radius 1 is 0.339 bits per heavy atom. The van der Waals surface area contributed by atoms with Gasteiger partial charge in [0, 0.05) is 12.8 Å². The topological polar surface area (TPSA) is 50.0 Å². The Morgan fingerprint density at radius 2 is 0.589 bits per heavy atom. The van der Waals surface area contributed by atoms with Crippen LogP contribution in [0.2, 0.25) is 0 Å². The summed E-state index contributed by atoms with van der Waals surface area (Å²) in [5, 5.41) is 0. The molecule has 0 amide bonds. The van der Waals surface area contributed by atoms with Crippen LogP contribution in [0.25, 0.3) is 0 Å². The molecule has 344 valence electrons. The first-order valence-electron chi connectivity index (χ1n) is 23.8. The van der Waals surface area contributed by atoms with E-state index in [2.05, 4.69) is 54.8 Å². The third-order valence-corrected chi connectivity index (χ3v) is 10.9. The molecule has 0 heterocycles. The molecule has 0 atom stereocenters. The van der Waals surface area contributed by atoms with Crippen LogP contribution in [0.3, 0.4) is 0 Å². The van der Waals surface area contributed by atoms with Gasteiger partial charge in [0.25, 0.3) is 0 Å². The second-order valence-electron chi connectivity index (χ2n) is 16.6. The Labute approximate surface area is 358 Å². The van der Waals surface area contributed by atoms with Crippen molar-refractivity contribution < 1.29 is 19.4 Å². The Hall–Kier alpha value is -1.00. The summed E-state index contributed by atoms with van der Waals surface area (Å²) >= 11 is 0. The Morgan fingerprint density at radius 3 is 0.875 bits per heavy atom. The van der Waals surface area contributed by atoms with Crippen LogP contribution in [-0.4, -0.2) is 49.9 Å². The van der Waals surface area contributed by atoms with Crippen LogP contribution in [0.15, 0.2) is 24.7 Å². The highest BCUT2D eigenvalue weighted by molar-refractivity contribution is 4.82. The Kier molecular flexibility index (Phi) is 66.9. The van der Waals surface area contributed by atoms with E-state index in [1.807, 2.05) is 0 Å². The van der Waals surface area contributed by atoms with Crippen LogP contribution in [-0.2, 0) is 9.47 Å². The fourth-order valence-corrected chi connectivity index (χ4v) is 7.29. The van der Waals surface area contributed by atoms with E-state index >= 15 is 0 Å². The first kappa shape index (κ1) is 66.8.